The molecule has 3 rings (SSSR count). The van der Waals surface area contributed by atoms with Gasteiger partial charge in [0.05, 0.1) is 10.6 Å². The highest BCUT2D eigenvalue weighted by molar-refractivity contribution is 8.18. The van der Waals surface area contributed by atoms with Crippen LogP contribution in [0.25, 0.3) is 6.08 Å². The Bertz CT molecular complexity index is 823. The van der Waals surface area contributed by atoms with E-state index in [-0.39, 0.29) is 11.7 Å². The summed E-state index contributed by atoms with van der Waals surface area (Å²) in [7, 11) is 0. The van der Waals surface area contributed by atoms with Gasteiger partial charge in [0, 0.05) is 0 Å². The predicted octanol–water partition coefficient (Wildman–Crippen LogP) is 3.90. The molecule has 2 aromatic rings. The van der Waals surface area contributed by atoms with Gasteiger partial charge in [-0.2, -0.15) is 0 Å². The van der Waals surface area contributed by atoms with Gasteiger partial charge >= 0.3 is 0 Å². The van der Waals surface area contributed by atoms with Crippen molar-refractivity contribution in [2.45, 2.75) is 13.8 Å². The molecular weight excluding hydrogens is 308 g/mol. The van der Waals surface area contributed by atoms with E-state index in [1.165, 1.54) is 17.3 Å². The molecule has 1 saturated heterocycles. The number of thioether (sulfide) groups is 1. The van der Waals surface area contributed by atoms with Gasteiger partial charge in [-0.05, 0) is 61.0 Å². The molecule has 5 heteroatoms. The summed E-state index contributed by atoms with van der Waals surface area (Å²) in [5, 5.41) is 12.7. The number of aryl methyl sites for hydroxylation is 2. The second-order valence-corrected chi connectivity index (χ2v) is 6.39. The highest BCUT2D eigenvalue weighted by Crippen LogP contribution is 2.29. The van der Waals surface area contributed by atoms with Crippen LogP contribution in [-0.4, -0.2) is 16.2 Å². The van der Waals surface area contributed by atoms with Gasteiger partial charge in [0.25, 0.3) is 5.91 Å². The fourth-order valence-corrected chi connectivity index (χ4v) is 3.08. The average molecular weight is 324 g/mol. The molecule has 0 spiro atoms. The summed E-state index contributed by atoms with van der Waals surface area (Å²) in [5.74, 6) is 0.0411. The van der Waals surface area contributed by atoms with E-state index in [4.69, 9.17) is 0 Å². The van der Waals surface area contributed by atoms with Crippen LogP contribution in [0.3, 0.4) is 0 Å². The Hall–Kier alpha value is -2.53. The van der Waals surface area contributed by atoms with Crippen molar-refractivity contribution in [1.29, 1.82) is 0 Å². The van der Waals surface area contributed by atoms with Gasteiger partial charge in [-0.25, -0.2) is 4.99 Å². The summed E-state index contributed by atoms with van der Waals surface area (Å²) in [6, 6.07) is 12.7. The normalized spacial score (nSPS) is 17.7. The van der Waals surface area contributed by atoms with E-state index in [1.54, 1.807) is 30.3 Å². The quantitative estimate of drug-likeness (QED) is 0.824. The molecule has 0 aromatic heterocycles. The van der Waals surface area contributed by atoms with Crippen LogP contribution in [0, 0.1) is 13.8 Å². The molecule has 1 fully saturated rings. The molecule has 1 heterocycles. The van der Waals surface area contributed by atoms with Crippen molar-refractivity contribution in [3.63, 3.8) is 0 Å². The van der Waals surface area contributed by atoms with Crippen LogP contribution in [-0.2, 0) is 4.79 Å². The first-order chi connectivity index (χ1) is 11.0. The van der Waals surface area contributed by atoms with Crippen molar-refractivity contribution >= 4 is 34.6 Å². The summed E-state index contributed by atoms with van der Waals surface area (Å²) >= 11 is 1.31. The maximum absolute atomic E-state index is 12.1. The zero-order valence-corrected chi connectivity index (χ0v) is 13.6. The minimum atomic E-state index is -0.161. The fourth-order valence-electron chi connectivity index (χ4n) is 2.24. The largest absolute Gasteiger partial charge is 0.508 e. The number of carbonyl (C=O) groups is 1. The molecule has 0 radical (unpaired) electrons. The highest BCUT2D eigenvalue weighted by atomic mass is 32.2. The molecule has 0 atom stereocenters. The first-order valence-electron chi connectivity index (χ1n) is 7.17. The van der Waals surface area contributed by atoms with Crippen LogP contribution in [0.4, 0.5) is 5.69 Å². The minimum absolute atomic E-state index is 0.161. The van der Waals surface area contributed by atoms with E-state index >= 15 is 0 Å². The molecule has 0 bridgehead atoms. The lowest BCUT2D eigenvalue weighted by Gasteiger charge is -2.02. The Morgan fingerprint density at radius 2 is 1.87 bits per heavy atom. The molecule has 1 aliphatic rings. The van der Waals surface area contributed by atoms with Crippen LogP contribution in [0.1, 0.15) is 16.7 Å². The van der Waals surface area contributed by atoms with Crippen molar-refractivity contribution in [1.82, 2.24) is 5.32 Å². The van der Waals surface area contributed by atoms with Gasteiger partial charge in [-0.15, -0.1) is 0 Å². The van der Waals surface area contributed by atoms with E-state index in [1.807, 2.05) is 26.0 Å². The predicted molar refractivity (Wildman–Crippen MR) is 94.8 cm³/mol. The summed E-state index contributed by atoms with van der Waals surface area (Å²) in [5.41, 5.74) is 3.96. The number of aliphatic imine (C=N–C) groups is 1. The number of nitrogens with zero attached hydrogens (tertiary/aromatic N) is 1. The Balaban J connectivity index is 1.84. The average Bonchev–Trinajstić information content (AvgIpc) is 2.84. The molecule has 2 N–H and O–H groups in total. The van der Waals surface area contributed by atoms with Gasteiger partial charge < -0.3 is 10.4 Å². The lowest BCUT2D eigenvalue weighted by atomic mass is 10.1. The number of nitrogens with one attached hydrogen (secondary N) is 1. The van der Waals surface area contributed by atoms with Gasteiger partial charge in [-0.1, -0.05) is 29.8 Å². The first-order valence-corrected chi connectivity index (χ1v) is 7.99. The number of aromatic hydroxyl groups is 1. The topological polar surface area (TPSA) is 61.7 Å². The molecule has 23 heavy (non-hydrogen) atoms. The summed E-state index contributed by atoms with van der Waals surface area (Å²) in [4.78, 5) is 17.2. The molecule has 0 aliphatic carbocycles. The number of hydrogen-bond acceptors (Lipinski definition) is 4. The second-order valence-electron chi connectivity index (χ2n) is 5.36. The van der Waals surface area contributed by atoms with Crippen molar-refractivity contribution in [2.75, 3.05) is 0 Å². The third-order valence-electron chi connectivity index (χ3n) is 3.42. The molecule has 0 unspecified atom stereocenters. The fraction of sp³-hybridized carbons (Fsp3) is 0.111. The molecule has 4 nitrogen and oxygen atoms in total. The van der Waals surface area contributed by atoms with Gasteiger partial charge in [0.1, 0.15) is 5.75 Å². The Labute approximate surface area is 139 Å². The number of hydrogen-bond donors (Lipinski definition) is 2. The van der Waals surface area contributed by atoms with E-state index < -0.39 is 0 Å². The number of phenolic OH excluding ortho intramolecular Hbond substituents is 1. The minimum Gasteiger partial charge on any atom is -0.508 e. The number of carbonyl (C=O) groups excluding carboxylic acids is 1. The number of benzene rings is 2. The van der Waals surface area contributed by atoms with Crippen molar-refractivity contribution in [2.24, 2.45) is 4.99 Å². The highest BCUT2D eigenvalue weighted by Gasteiger charge is 2.23. The van der Waals surface area contributed by atoms with Crippen LogP contribution in [0.2, 0.25) is 0 Å². The molecule has 116 valence electrons. The molecule has 2 aromatic carbocycles. The molecular formula is C18H16N2O2S. The summed E-state index contributed by atoms with van der Waals surface area (Å²) in [6.45, 7) is 4.04. The lowest BCUT2D eigenvalue weighted by Crippen LogP contribution is -2.19. The number of amidine groups is 1. The molecule has 1 amide bonds. The Morgan fingerprint density at radius 3 is 2.57 bits per heavy atom. The van der Waals surface area contributed by atoms with E-state index in [0.717, 1.165) is 16.8 Å². The van der Waals surface area contributed by atoms with Crippen LogP contribution >= 0.6 is 11.8 Å². The number of phenols is 1. The number of amides is 1. The van der Waals surface area contributed by atoms with E-state index in [0.29, 0.717) is 10.1 Å². The van der Waals surface area contributed by atoms with Crippen molar-refractivity contribution in [3.8, 4) is 5.75 Å². The van der Waals surface area contributed by atoms with Gasteiger partial charge in [0.15, 0.2) is 5.17 Å². The Morgan fingerprint density at radius 1 is 1.13 bits per heavy atom. The molecule has 0 saturated carbocycles. The van der Waals surface area contributed by atoms with Crippen LogP contribution in [0.15, 0.2) is 52.4 Å². The monoisotopic (exact) mass is 324 g/mol. The zero-order chi connectivity index (χ0) is 16.4. The third kappa shape index (κ3) is 3.63. The first kappa shape index (κ1) is 15.4. The van der Waals surface area contributed by atoms with Crippen LogP contribution < -0.4 is 5.32 Å². The van der Waals surface area contributed by atoms with E-state index in [2.05, 4.69) is 16.4 Å². The zero-order valence-electron chi connectivity index (χ0n) is 12.8. The maximum atomic E-state index is 12.1. The maximum Gasteiger partial charge on any atom is 0.264 e. The number of rotatable bonds is 2. The Kier molecular flexibility index (Phi) is 4.21. The van der Waals surface area contributed by atoms with Crippen molar-refractivity contribution < 1.29 is 9.90 Å². The smallest absolute Gasteiger partial charge is 0.264 e. The van der Waals surface area contributed by atoms with Gasteiger partial charge in [-0.3, -0.25) is 4.79 Å². The standard InChI is InChI=1S/C18H16N2O2S/c1-11-3-8-15(12(2)9-11)19-18-20-17(22)16(23-18)10-13-4-6-14(21)7-5-13/h3-10,21H,1-2H3,(H,19,20,22)/b16-10-. The van der Waals surface area contributed by atoms with E-state index in [9.17, 15) is 9.90 Å². The van der Waals surface area contributed by atoms with Crippen molar-refractivity contribution in [3.05, 3.63) is 64.1 Å². The second kappa shape index (κ2) is 6.30. The van der Waals surface area contributed by atoms with Gasteiger partial charge in [0.2, 0.25) is 0 Å². The summed E-state index contributed by atoms with van der Waals surface area (Å²) in [6.07, 6.45) is 1.78. The molecule has 1 aliphatic heterocycles. The lowest BCUT2D eigenvalue weighted by molar-refractivity contribution is -0.115. The summed E-state index contributed by atoms with van der Waals surface area (Å²) < 4.78 is 0. The third-order valence-corrected chi connectivity index (χ3v) is 4.33. The van der Waals surface area contributed by atoms with Crippen LogP contribution in [0.5, 0.6) is 5.75 Å². The SMILES string of the molecule is Cc1ccc(N=C2NC(=O)/C(=C/c3ccc(O)cc3)S2)c(C)c1.